The van der Waals surface area contributed by atoms with Gasteiger partial charge >= 0.3 is 19.8 Å². The largest absolute Gasteiger partial charge is 0.469 e. The average molecular weight is 817 g/mol. The summed E-state index contributed by atoms with van der Waals surface area (Å²) < 4.78 is 32.0. The molecule has 0 amide bonds. The minimum atomic E-state index is -4.82. The predicted molar refractivity (Wildman–Crippen MR) is 219 cm³/mol. The van der Waals surface area contributed by atoms with Crippen molar-refractivity contribution in [1.29, 1.82) is 0 Å². The first-order valence-corrected chi connectivity index (χ1v) is 23.2. The highest BCUT2D eigenvalue weighted by Crippen LogP contribution is 2.36. The summed E-state index contributed by atoms with van der Waals surface area (Å²) in [7, 11) is -4.82. The van der Waals surface area contributed by atoms with Crippen LogP contribution in [-0.2, 0) is 32.9 Å². The van der Waals surface area contributed by atoms with Crippen LogP contribution in [0, 0.1) is 5.92 Å². The number of carbonyl (C=O) groups excluding carboxylic acids is 2. The summed E-state index contributed by atoms with van der Waals surface area (Å²) in [5.41, 5.74) is 0. The molecule has 0 radical (unpaired) electrons. The molecule has 13 heteroatoms. The van der Waals surface area contributed by atoms with E-state index >= 15 is 0 Å². The smallest absolute Gasteiger partial charge is 0.462 e. The van der Waals surface area contributed by atoms with Gasteiger partial charge in [0.25, 0.3) is 0 Å². The van der Waals surface area contributed by atoms with Gasteiger partial charge in [0.05, 0.1) is 24.9 Å². The Balaban J connectivity index is 2.30. The molecule has 1 fully saturated rings. The Kier molecular flexibility index (Phi) is 31.7. The number of carbonyl (C=O) groups is 2. The van der Waals surface area contributed by atoms with E-state index in [9.17, 15) is 29.5 Å². The molecule has 1 aliphatic heterocycles. The number of rotatable bonds is 35. The zero-order valence-electron chi connectivity index (χ0n) is 34.6. The third kappa shape index (κ3) is 30.2. The number of esters is 2. The van der Waals surface area contributed by atoms with E-state index < -0.39 is 57.1 Å². The van der Waals surface area contributed by atoms with Gasteiger partial charge in [0.2, 0.25) is 0 Å². The second kappa shape index (κ2) is 34.0. The third-order valence-corrected chi connectivity index (χ3v) is 10.4. The molecule has 0 saturated carbocycles. The first-order chi connectivity index (χ1) is 26.9. The van der Waals surface area contributed by atoms with E-state index in [0.717, 1.165) is 51.4 Å². The quantitative estimate of drug-likeness (QED) is 0.0177. The topological polar surface area (TPSA) is 189 Å². The van der Waals surface area contributed by atoms with Gasteiger partial charge in [-0.15, -0.1) is 0 Å². The number of phosphoric ester groups is 1. The number of ether oxygens (including phenoxy) is 3. The lowest BCUT2D eigenvalue weighted by Gasteiger charge is -2.36. The van der Waals surface area contributed by atoms with E-state index in [2.05, 4.69) is 30.5 Å². The molecule has 5 N–H and O–H groups in total. The molecule has 0 bridgehead atoms. The maximum Gasteiger partial charge on any atom is 0.469 e. The average Bonchev–Trinajstić information content (AvgIpc) is 3.14. The molecule has 1 unspecified atom stereocenters. The molecule has 12 nitrogen and oxygen atoms in total. The molecule has 0 spiro atoms. The Bertz CT molecular complexity index is 1120. The number of aliphatic hydroxyl groups excluding tert-OH is 3. The molecule has 56 heavy (non-hydrogen) atoms. The number of aliphatic hydroxyl groups is 3. The van der Waals surface area contributed by atoms with Crippen LogP contribution in [0.25, 0.3) is 0 Å². The zero-order chi connectivity index (χ0) is 41.3. The summed E-state index contributed by atoms with van der Waals surface area (Å²) >= 11 is 0. The van der Waals surface area contributed by atoms with E-state index in [4.69, 9.17) is 24.0 Å². The van der Waals surface area contributed by atoms with E-state index in [-0.39, 0.29) is 31.8 Å². The van der Waals surface area contributed by atoms with Crippen molar-refractivity contribution < 1.29 is 58.0 Å². The Morgan fingerprint density at radius 3 is 1.93 bits per heavy atom. The van der Waals surface area contributed by atoms with Gasteiger partial charge in [-0.1, -0.05) is 134 Å². The van der Waals surface area contributed by atoms with Crippen molar-refractivity contribution in [3.63, 3.8) is 0 Å². The Morgan fingerprint density at radius 2 is 1.29 bits per heavy atom. The summed E-state index contributed by atoms with van der Waals surface area (Å²) in [5, 5.41) is 30.8. The van der Waals surface area contributed by atoms with Crippen LogP contribution in [0.15, 0.2) is 36.5 Å². The van der Waals surface area contributed by atoms with Gasteiger partial charge in [0.1, 0.15) is 6.61 Å². The number of hydrogen-bond acceptors (Lipinski definition) is 10. The van der Waals surface area contributed by atoms with E-state index in [0.29, 0.717) is 32.1 Å². The van der Waals surface area contributed by atoms with E-state index in [1.807, 2.05) is 12.2 Å². The molecule has 1 saturated heterocycles. The lowest BCUT2D eigenvalue weighted by molar-refractivity contribution is -0.199. The van der Waals surface area contributed by atoms with Crippen LogP contribution in [0.2, 0.25) is 0 Å². The molecular formula is C43H77O12P. The molecule has 0 aliphatic carbocycles. The van der Waals surface area contributed by atoms with Gasteiger partial charge in [-0.2, -0.15) is 0 Å². The highest BCUT2D eigenvalue weighted by Gasteiger charge is 2.35. The van der Waals surface area contributed by atoms with Crippen molar-refractivity contribution in [3.05, 3.63) is 36.5 Å². The van der Waals surface area contributed by atoms with E-state index in [1.54, 1.807) is 12.2 Å². The fourth-order valence-electron chi connectivity index (χ4n) is 6.58. The Morgan fingerprint density at radius 1 is 0.732 bits per heavy atom. The second-order valence-corrected chi connectivity index (χ2v) is 16.4. The molecule has 1 heterocycles. The minimum Gasteiger partial charge on any atom is -0.462 e. The van der Waals surface area contributed by atoms with Gasteiger partial charge in [0.15, 0.2) is 12.4 Å². The van der Waals surface area contributed by atoms with Crippen molar-refractivity contribution in [2.24, 2.45) is 5.92 Å². The fourth-order valence-corrected chi connectivity index (χ4v) is 6.94. The lowest BCUT2D eigenvalue weighted by Crippen LogP contribution is -2.43. The SMILES string of the molecule is CCCCCCCC/C=C\CCCCCCCCCC(=O)O[C@H](COC(=O)CCC/C=C\C[C@H]1[C@@H](O)CC(O)O[C@@H]1/C=C/[C@@H](O)CCCCC)COP(=O)(O)O. The highest BCUT2D eigenvalue weighted by atomic mass is 31.2. The fraction of sp³-hybridized carbons (Fsp3) is 0.814. The van der Waals surface area contributed by atoms with Crippen LogP contribution < -0.4 is 0 Å². The van der Waals surface area contributed by atoms with Crippen LogP contribution in [0.1, 0.15) is 174 Å². The van der Waals surface area contributed by atoms with Gasteiger partial charge < -0.3 is 39.3 Å². The second-order valence-electron chi connectivity index (χ2n) is 15.2. The predicted octanol–water partition coefficient (Wildman–Crippen LogP) is 9.07. The first-order valence-electron chi connectivity index (χ1n) is 21.7. The lowest BCUT2D eigenvalue weighted by atomic mass is 9.87. The monoisotopic (exact) mass is 817 g/mol. The van der Waals surface area contributed by atoms with Crippen LogP contribution in [0.5, 0.6) is 0 Å². The maximum atomic E-state index is 12.5. The van der Waals surface area contributed by atoms with Crippen molar-refractivity contribution in [2.45, 2.75) is 205 Å². The molecule has 0 aromatic rings. The van der Waals surface area contributed by atoms with Crippen LogP contribution >= 0.6 is 7.82 Å². The summed E-state index contributed by atoms with van der Waals surface area (Å²) in [6.07, 6.45) is 30.5. The number of phosphoric acid groups is 1. The molecule has 0 aromatic carbocycles. The molecule has 1 aliphatic rings. The summed E-state index contributed by atoms with van der Waals surface area (Å²) in [5.74, 6) is -1.39. The molecule has 326 valence electrons. The molecule has 0 aromatic heterocycles. The van der Waals surface area contributed by atoms with Crippen LogP contribution in [0.3, 0.4) is 0 Å². The van der Waals surface area contributed by atoms with Gasteiger partial charge in [-0.05, 0) is 57.8 Å². The summed E-state index contributed by atoms with van der Waals surface area (Å²) in [4.78, 5) is 43.1. The number of hydrogen-bond donors (Lipinski definition) is 5. The van der Waals surface area contributed by atoms with Crippen molar-refractivity contribution in [2.75, 3.05) is 13.2 Å². The van der Waals surface area contributed by atoms with Gasteiger partial charge in [-0.25, -0.2) is 4.57 Å². The highest BCUT2D eigenvalue weighted by molar-refractivity contribution is 7.46. The summed E-state index contributed by atoms with van der Waals surface area (Å²) in [6, 6.07) is 0. The van der Waals surface area contributed by atoms with Crippen LogP contribution in [-0.4, -0.2) is 81.0 Å². The molecule has 1 rings (SSSR count). The van der Waals surface area contributed by atoms with Crippen molar-refractivity contribution in [3.8, 4) is 0 Å². The standard InChI is InChI=1S/C43H77O12P/c1-3-5-7-8-9-10-11-12-13-14-15-16-17-18-19-20-26-30-42(47)54-37(35-53-56(49,50)51)34-52-41(46)29-25-22-21-24-28-38-39(45)33-43(48)55-40(38)32-31-36(44)27-23-6-4-2/h12-13,21,24,31-32,36-40,43-45,48H,3-11,14-20,22-23,25-30,33-35H2,1-2H3,(H2,49,50,51)/b13-12-,24-21-,32-31+/t36-,37+,38-,39-,40+,43?/m0/s1. The molecule has 6 atom stereocenters. The maximum absolute atomic E-state index is 12.5. The zero-order valence-corrected chi connectivity index (χ0v) is 35.5. The first kappa shape index (κ1) is 52.1. The molecular weight excluding hydrogens is 739 g/mol. The van der Waals surface area contributed by atoms with Gasteiger partial charge in [0, 0.05) is 25.2 Å². The van der Waals surface area contributed by atoms with E-state index in [1.165, 1.54) is 57.8 Å². The number of unbranched alkanes of at least 4 members (excludes halogenated alkanes) is 16. The summed E-state index contributed by atoms with van der Waals surface area (Å²) in [6.45, 7) is 3.34. The van der Waals surface area contributed by atoms with Crippen molar-refractivity contribution in [1.82, 2.24) is 0 Å². The van der Waals surface area contributed by atoms with Crippen LogP contribution in [0.4, 0.5) is 0 Å². The van der Waals surface area contributed by atoms with Crippen molar-refractivity contribution >= 4 is 19.8 Å². The minimum absolute atomic E-state index is 0.0724. The number of allylic oxidation sites excluding steroid dienone is 4. The van der Waals surface area contributed by atoms with Gasteiger partial charge in [-0.3, -0.25) is 14.1 Å². The Hall–Kier alpha value is -1.89. The Labute approximate surface area is 337 Å². The normalized spacial score (nSPS) is 20.3. The third-order valence-electron chi connectivity index (χ3n) is 9.93.